The Bertz CT molecular complexity index is 348. The topological polar surface area (TPSA) is 36.7 Å². The number of nitrogens with zero attached hydrogens (tertiary/aromatic N) is 2. The van der Waals surface area contributed by atoms with Crippen molar-refractivity contribution < 1.29 is 0 Å². The van der Waals surface area contributed by atoms with Gasteiger partial charge in [-0.2, -0.15) is 5.26 Å². The lowest BCUT2D eigenvalue weighted by atomic mass is 9.95. The SMILES string of the molecule is CCC(CC)CCCc1ccnc(C#N)c1. The maximum Gasteiger partial charge on any atom is 0.140 e. The van der Waals surface area contributed by atoms with Gasteiger partial charge in [-0.3, -0.25) is 0 Å². The van der Waals surface area contributed by atoms with E-state index < -0.39 is 0 Å². The summed E-state index contributed by atoms with van der Waals surface area (Å²) in [4.78, 5) is 3.97. The van der Waals surface area contributed by atoms with E-state index in [0.717, 1.165) is 12.3 Å². The van der Waals surface area contributed by atoms with E-state index in [0.29, 0.717) is 5.69 Å². The highest BCUT2D eigenvalue weighted by Gasteiger charge is 2.03. The molecule has 0 fully saturated rings. The van der Waals surface area contributed by atoms with E-state index in [1.54, 1.807) is 6.20 Å². The van der Waals surface area contributed by atoms with Crippen LogP contribution in [0.2, 0.25) is 0 Å². The third kappa shape index (κ3) is 4.02. The summed E-state index contributed by atoms with van der Waals surface area (Å²) in [7, 11) is 0. The number of hydrogen-bond donors (Lipinski definition) is 0. The van der Waals surface area contributed by atoms with E-state index in [4.69, 9.17) is 5.26 Å². The molecule has 16 heavy (non-hydrogen) atoms. The molecule has 1 aromatic rings. The molecule has 0 saturated heterocycles. The van der Waals surface area contributed by atoms with Crippen LogP contribution in [-0.4, -0.2) is 4.98 Å². The molecule has 0 bridgehead atoms. The summed E-state index contributed by atoms with van der Waals surface area (Å²) in [5.74, 6) is 0.859. The number of pyridine rings is 1. The lowest BCUT2D eigenvalue weighted by Crippen LogP contribution is -1.98. The van der Waals surface area contributed by atoms with Gasteiger partial charge in [0.1, 0.15) is 11.8 Å². The minimum absolute atomic E-state index is 0.528. The van der Waals surface area contributed by atoms with Crippen LogP contribution in [0.5, 0.6) is 0 Å². The molecule has 0 amide bonds. The zero-order valence-electron chi connectivity index (χ0n) is 10.2. The first kappa shape index (κ1) is 12.7. The van der Waals surface area contributed by atoms with Gasteiger partial charge >= 0.3 is 0 Å². The third-order valence-corrected chi connectivity index (χ3v) is 3.17. The average Bonchev–Trinajstić information content (AvgIpc) is 2.35. The van der Waals surface area contributed by atoms with Gasteiger partial charge in [0.05, 0.1) is 0 Å². The Hall–Kier alpha value is -1.36. The molecule has 1 rings (SSSR count). The molecule has 2 heteroatoms. The zero-order chi connectivity index (χ0) is 11.8. The molecule has 0 spiro atoms. The van der Waals surface area contributed by atoms with E-state index >= 15 is 0 Å². The molecule has 0 radical (unpaired) electrons. The van der Waals surface area contributed by atoms with Crippen molar-refractivity contribution in [2.45, 2.75) is 46.0 Å². The van der Waals surface area contributed by atoms with Crippen molar-refractivity contribution in [1.29, 1.82) is 5.26 Å². The number of aromatic nitrogens is 1. The second kappa shape index (κ2) is 7.00. The molecule has 0 unspecified atom stereocenters. The Morgan fingerprint density at radius 2 is 2.12 bits per heavy atom. The van der Waals surface area contributed by atoms with E-state index in [2.05, 4.69) is 24.9 Å². The molecule has 0 aliphatic rings. The summed E-state index contributed by atoms with van der Waals surface area (Å²) < 4.78 is 0. The van der Waals surface area contributed by atoms with E-state index in [1.807, 2.05) is 12.1 Å². The predicted molar refractivity (Wildman–Crippen MR) is 66.0 cm³/mol. The number of nitriles is 1. The van der Waals surface area contributed by atoms with E-state index in [-0.39, 0.29) is 0 Å². The Balaban J connectivity index is 2.40. The fourth-order valence-corrected chi connectivity index (χ4v) is 1.98. The third-order valence-electron chi connectivity index (χ3n) is 3.17. The number of rotatable bonds is 6. The standard InChI is InChI=1S/C14H20N2/c1-3-12(4-2)6-5-7-13-8-9-16-14(10-13)11-15/h8-10,12H,3-7H2,1-2H3. The summed E-state index contributed by atoms with van der Waals surface area (Å²) in [6.07, 6.45) is 7.84. The molecular weight excluding hydrogens is 196 g/mol. The maximum absolute atomic E-state index is 8.74. The largest absolute Gasteiger partial charge is 0.246 e. The first-order valence-electron chi connectivity index (χ1n) is 6.15. The summed E-state index contributed by atoms with van der Waals surface area (Å²) in [6, 6.07) is 5.98. The molecular formula is C14H20N2. The van der Waals surface area contributed by atoms with Crippen LogP contribution in [0.4, 0.5) is 0 Å². The van der Waals surface area contributed by atoms with Crippen molar-refractivity contribution >= 4 is 0 Å². The molecule has 2 nitrogen and oxygen atoms in total. The molecule has 86 valence electrons. The first-order chi connectivity index (χ1) is 7.80. The Morgan fingerprint density at radius 1 is 1.38 bits per heavy atom. The van der Waals surface area contributed by atoms with Crippen LogP contribution in [0.1, 0.15) is 50.8 Å². The Morgan fingerprint density at radius 3 is 2.75 bits per heavy atom. The fourth-order valence-electron chi connectivity index (χ4n) is 1.98. The van der Waals surface area contributed by atoms with Gasteiger partial charge in [-0.05, 0) is 36.5 Å². The van der Waals surface area contributed by atoms with Gasteiger partial charge in [0.25, 0.3) is 0 Å². The van der Waals surface area contributed by atoms with Crippen LogP contribution in [0, 0.1) is 17.2 Å². The van der Waals surface area contributed by atoms with Crippen LogP contribution in [0.25, 0.3) is 0 Å². The Kier molecular flexibility index (Phi) is 5.56. The highest BCUT2D eigenvalue weighted by atomic mass is 14.7. The van der Waals surface area contributed by atoms with Crippen molar-refractivity contribution in [2.75, 3.05) is 0 Å². The number of aryl methyl sites for hydroxylation is 1. The van der Waals surface area contributed by atoms with Gasteiger partial charge in [-0.25, -0.2) is 4.98 Å². The van der Waals surface area contributed by atoms with E-state index in [1.165, 1.54) is 31.2 Å². The highest BCUT2D eigenvalue weighted by Crippen LogP contribution is 2.16. The van der Waals surface area contributed by atoms with Crippen LogP contribution >= 0.6 is 0 Å². The highest BCUT2D eigenvalue weighted by molar-refractivity contribution is 5.25. The summed E-state index contributed by atoms with van der Waals surface area (Å²) in [5, 5.41) is 8.74. The van der Waals surface area contributed by atoms with Crippen molar-refractivity contribution in [2.24, 2.45) is 5.92 Å². The molecule has 1 heterocycles. The summed E-state index contributed by atoms with van der Waals surface area (Å²) >= 11 is 0. The van der Waals surface area contributed by atoms with Gasteiger partial charge in [0.15, 0.2) is 0 Å². The van der Waals surface area contributed by atoms with Gasteiger partial charge in [-0.1, -0.05) is 33.1 Å². The second-order valence-electron chi connectivity index (χ2n) is 4.24. The fraction of sp³-hybridized carbons (Fsp3) is 0.571. The molecule has 0 atom stereocenters. The van der Waals surface area contributed by atoms with Crippen molar-refractivity contribution in [3.63, 3.8) is 0 Å². The normalized spacial score (nSPS) is 10.4. The maximum atomic E-state index is 8.74. The van der Waals surface area contributed by atoms with Crippen LogP contribution in [0.15, 0.2) is 18.3 Å². The van der Waals surface area contributed by atoms with Crippen molar-refractivity contribution in [3.8, 4) is 6.07 Å². The smallest absolute Gasteiger partial charge is 0.140 e. The molecule has 0 aromatic carbocycles. The second-order valence-corrected chi connectivity index (χ2v) is 4.24. The minimum atomic E-state index is 0.528. The molecule has 1 aromatic heterocycles. The molecule has 0 saturated carbocycles. The van der Waals surface area contributed by atoms with E-state index in [9.17, 15) is 0 Å². The van der Waals surface area contributed by atoms with Crippen LogP contribution in [-0.2, 0) is 6.42 Å². The van der Waals surface area contributed by atoms with Crippen LogP contribution in [0.3, 0.4) is 0 Å². The zero-order valence-corrected chi connectivity index (χ0v) is 10.2. The Labute approximate surface area is 98.3 Å². The quantitative estimate of drug-likeness (QED) is 0.726. The van der Waals surface area contributed by atoms with Crippen molar-refractivity contribution in [1.82, 2.24) is 4.98 Å². The first-order valence-corrected chi connectivity index (χ1v) is 6.15. The van der Waals surface area contributed by atoms with Crippen LogP contribution < -0.4 is 0 Å². The monoisotopic (exact) mass is 216 g/mol. The summed E-state index contributed by atoms with van der Waals surface area (Å²) in [5.41, 5.74) is 1.76. The molecule has 0 aliphatic heterocycles. The minimum Gasteiger partial charge on any atom is -0.246 e. The lowest BCUT2D eigenvalue weighted by molar-refractivity contribution is 0.441. The number of hydrogen-bond acceptors (Lipinski definition) is 2. The summed E-state index contributed by atoms with van der Waals surface area (Å²) in [6.45, 7) is 4.52. The van der Waals surface area contributed by atoms with Gasteiger partial charge in [0.2, 0.25) is 0 Å². The average molecular weight is 216 g/mol. The van der Waals surface area contributed by atoms with Gasteiger partial charge in [-0.15, -0.1) is 0 Å². The molecule has 0 aliphatic carbocycles. The van der Waals surface area contributed by atoms with Gasteiger partial charge < -0.3 is 0 Å². The van der Waals surface area contributed by atoms with Gasteiger partial charge in [0, 0.05) is 6.20 Å². The molecule has 0 N–H and O–H groups in total. The lowest BCUT2D eigenvalue weighted by Gasteiger charge is -2.11. The predicted octanol–water partition coefficient (Wildman–Crippen LogP) is 3.71. The van der Waals surface area contributed by atoms with Crippen molar-refractivity contribution in [3.05, 3.63) is 29.6 Å².